The van der Waals surface area contributed by atoms with Crippen molar-refractivity contribution in [2.45, 2.75) is 66.7 Å². The van der Waals surface area contributed by atoms with Crippen LogP contribution < -0.4 is 0 Å². The molecule has 2 aromatic carbocycles. The highest BCUT2D eigenvalue weighted by Gasteiger charge is 2.21. The summed E-state index contributed by atoms with van der Waals surface area (Å²) in [5.41, 5.74) is 8.77. The van der Waals surface area contributed by atoms with Gasteiger partial charge in [-0.05, 0) is 51.3 Å². The molecule has 2 heterocycles. The predicted octanol–water partition coefficient (Wildman–Crippen LogP) is 4.89. The van der Waals surface area contributed by atoms with Crippen LogP contribution in [0.25, 0.3) is 0 Å². The summed E-state index contributed by atoms with van der Waals surface area (Å²) >= 11 is 0. The van der Waals surface area contributed by atoms with Gasteiger partial charge in [0.15, 0.2) is 0 Å². The lowest BCUT2D eigenvalue weighted by molar-refractivity contribution is -0.146. The van der Waals surface area contributed by atoms with E-state index in [-0.39, 0.29) is 30.9 Å². The van der Waals surface area contributed by atoms with Gasteiger partial charge in [0.1, 0.15) is 0 Å². The maximum absolute atomic E-state index is 11.6. The minimum absolute atomic E-state index is 0.0676. The number of rotatable bonds is 6. The first-order chi connectivity index (χ1) is 15.8. The van der Waals surface area contributed by atoms with Crippen LogP contribution >= 0.6 is 0 Å². The van der Waals surface area contributed by atoms with Crippen molar-refractivity contribution in [3.05, 3.63) is 69.8 Å². The fraction of sp³-hybridized carbons (Fsp3) is 0.407. The third-order valence-electron chi connectivity index (χ3n) is 5.40. The zero-order chi connectivity index (χ0) is 24.0. The molecule has 2 aromatic rings. The first kappa shape index (κ1) is 24.4. The number of fused-ring (bicyclic) bond motifs is 2. The molecule has 4 rings (SSSR count). The average Bonchev–Trinajstić information content (AvgIpc) is 3.33. The second-order valence-electron chi connectivity index (χ2n) is 8.49. The fourth-order valence-corrected chi connectivity index (χ4v) is 4.02. The van der Waals surface area contributed by atoms with E-state index in [1.807, 2.05) is 52.0 Å². The summed E-state index contributed by atoms with van der Waals surface area (Å²) in [7, 11) is 0. The molecule has 2 aliphatic rings. The predicted molar refractivity (Wildman–Crippen MR) is 130 cm³/mol. The molecule has 0 atom stereocenters. The summed E-state index contributed by atoms with van der Waals surface area (Å²) in [5.74, 6) is -0.399. The molecular formula is C27H32N2O4. The zero-order valence-corrected chi connectivity index (χ0v) is 20.1. The Labute approximate surface area is 195 Å². The SMILES string of the molecule is CCOC(=O)CC1=NCc2cccc(C)c21.Cc1ccc2c(c1)CN=C2CC(=O)OC(C)C. The highest BCUT2D eigenvalue weighted by atomic mass is 16.5. The van der Waals surface area contributed by atoms with Crippen molar-refractivity contribution in [3.8, 4) is 0 Å². The van der Waals surface area contributed by atoms with Crippen LogP contribution in [-0.2, 0) is 32.2 Å². The van der Waals surface area contributed by atoms with Crippen molar-refractivity contribution in [2.75, 3.05) is 6.61 Å². The molecule has 0 bridgehead atoms. The van der Waals surface area contributed by atoms with Crippen LogP contribution in [0, 0.1) is 13.8 Å². The lowest BCUT2D eigenvalue weighted by Gasteiger charge is -2.08. The normalized spacial score (nSPS) is 13.4. The molecule has 0 spiro atoms. The van der Waals surface area contributed by atoms with E-state index in [1.165, 1.54) is 22.3 Å². The molecule has 174 valence electrons. The molecule has 6 heteroatoms. The largest absolute Gasteiger partial charge is 0.466 e. The molecule has 2 aliphatic heterocycles. The Morgan fingerprint density at radius 3 is 2.36 bits per heavy atom. The second-order valence-corrected chi connectivity index (χ2v) is 8.49. The van der Waals surface area contributed by atoms with Crippen LogP contribution in [0.2, 0.25) is 0 Å². The van der Waals surface area contributed by atoms with E-state index < -0.39 is 0 Å². The number of carbonyl (C=O) groups excluding carboxylic acids is 2. The maximum Gasteiger partial charge on any atom is 0.312 e. The maximum atomic E-state index is 11.6. The Balaban J connectivity index is 0.000000186. The number of ether oxygens (including phenoxy) is 2. The summed E-state index contributed by atoms with van der Waals surface area (Å²) in [5, 5.41) is 0. The third kappa shape index (κ3) is 6.37. The highest BCUT2D eigenvalue weighted by molar-refractivity contribution is 6.12. The van der Waals surface area contributed by atoms with Gasteiger partial charge in [-0.25, -0.2) is 0 Å². The fourth-order valence-electron chi connectivity index (χ4n) is 4.02. The average molecular weight is 449 g/mol. The summed E-state index contributed by atoms with van der Waals surface area (Å²) < 4.78 is 10.1. The van der Waals surface area contributed by atoms with Gasteiger partial charge in [-0.1, -0.05) is 42.0 Å². The molecule has 0 aromatic heterocycles. The van der Waals surface area contributed by atoms with E-state index in [4.69, 9.17) is 9.47 Å². The van der Waals surface area contributed by atoms with Crippen molar-refractivity contribution < 1.29 is 19.1 Å². The molecule has 0 radical (unpaired) electrons. The van der Waals surface area contributed by atoms with E-state index in [2.05, 4.69) is 29.0 Å². The minimum Gasteiger partial charge on any atom is -0.466 e. The molecule has 0 fully saturated rings. The van der Waals surface area contributed by atoms with E-state index in [1.54, 1.807) is 0 Å². The van der Waals surface area contributed by atoms with Crippen LogP contribution in [-0.4, -0.2) is 36.1 Å². The first-order valence-corrected chi connectivity index (χ1v) is 11.4. The van der Waals surface area contributed by atoms with Crippen LogP contribution in [0.5, 0.6) is 0 Å². The first-order valence-electron chi connectivity index (χ1n) is 11.4. The van der Waals surface area contributed by atoms with Crippen molar-refractivity contribution in [1.82, 2.24) is 0 Å². The van der Waals surface area contributed by atoms with E-state index in [0.717, 1.165) is 22.6 Å². The number of hydrogen-bond donors (Lipinski definition) is 0. The molecule has 0 saturated carbocycles. The number of carbonyl (C=O) groups is 2. The summed E-state index contributed by atoms with van der Waals surface area (Å²) in [6.07, 6.45) is 0.488. The van der Waals surface area contributed by atoms with Crippen molar-refractivity contribution in [1.29, 1.82) is 0 Å². The Morgan fingerprint density at radius 1 is 0.939 bits per heavy atom. The van der Waals surface area contributed by atoms with Crippen LogP contribution in [0.4, 0.5) is 0 Å². The number of benzene rings is 2. The van der Waals surface area contributed by atoms with Gasteiger partial charge in [0, 0.05) is 11.1 Å². The van der Waals surface area contributed by atoms with Crippen molar-refractivity contribution in [3.63, 3.8) is 0 Å². The van der Waals surface area contributed by atoms with Gasteiger partial charge in [0.25, 0.3) is 0 Å². The van der Waals surface area contributed by atoms with Crippen LogP contribution in [0.15, 0.2) is 46.4 Å². The van der Waals surface area contributed by atoms with Crippen molar-refractivity contribution >= 4 is 23.4 Å². The number of esters is 2. The zero-order valence-electron chi connectivity index (χ0n) is 20.1. The van der Waals surface area contributed by atoms with Gasteiger partial charge in [0.05, 0.1) is 50.1 Å². The smallest absolute Gasteiger partial charge is 0.312 e. The Kier molecular flexibility index (Phi) is 8.15. The molecule has 33 heavy (non-hydrogen) atoms. The standard InChI is InChI=1S/C14H17NO2.C13H15NO2/c1-9(2)17-14(16)7-13-12-5-4-10(3)6-11(12)8-15-13;1-3-16-12(15)7-11-13-9(2)5-4-6-10(13)8-14-11/h4-6,9H,7-8H2,1-3H3;4-6H,3,7-8H2,1-2H3. The Bertz CT molecular complexity index is 1100. The number of hydrogen-bond acceptors (Lipinski definition) is 6. The van der Waals surface area contributed by atoms with E-state index in [0.29, 0.717) is 19.7 Å². The van der Waals surface area contributed by atoms with Gasteiger partial charge in [-0.2, -0.15) is 0 Å². The van der Waals surface area contributed by atoms with Gasteiger partial charge in [-0.15, -0.1) is 0 Å². The molecule has 0 unspecified atom stereocenters. The lowest BCUT2D eigenvalue weighted by Crippen LogP contribution is -2.15. The van der Waals surface area contributed by atoms with Gasteiger partial charge >= 0.3 is 11.9 Å². The van der Waals surface area contributed by atoms with Gasteiger partial charge in [0.2, 0.25) is 0 Å². The molecule has 0 aliphatic carbocycles. The van der Waals surface area contributed by atoms with Crippen molar-refractivity contribution in [2.24, 2.45) is 9.98 Å². The number of aryl methyl sites for hydroxylation is 2. The molecule has 0 N–H and O–H groups in total. The summed E-state index contributed by atoms with van der Waals surface area (Å²) in [6, 6.07) is 12.3. The lowest BCUT2D eigenvalue weighted by atomic mass is 9.99. The molecule has 6 nitrogen and oxygen atoms in total. The molecular weight excluding hydrogens is 416 g/mol. The third-order valence-corrected chi connectivity index (χ3v) is 5.40. The summed E-state index contributed by atoms with van der Waals surface area (Å²) in [4.78, 5) is 31.8. The van der Waals surface area contributed by atoms with E-state index in [9.17, 15) is 9.59 Å². The van der Waals surface area contributed by atoms with Crippen LogP contribution in [0.1, 0.15) is 67.0 Å². The van der Waals surface area contributed by atoms with E-state index >= 15 is 0 Å². The number of nitrogens with zero attached hydrogens (tertiary/aromatic N) is 2. The minimum atomic E-state index is -0.202. The second kappa shape index (κ2) is 11.0. The van der Waals surface area contributed by atoms with Gasteiger partial charge < -0.3 is 9.47 Å². The highest BCUT2D eigenvalue weighted by Crippen LogP contribution is 2.24. The Morgan fingerprint density at radius 2 is 1.64 bits per heavy atom. The quantitative estimate of drug-likeness (QED) is 0.590. The Hall–Kier alpha value is -3.28. The van der Waals surface area contributed by atoms with Crippen LogP contribution in [0.3, 0.4) is 0 Å². The molecule has 0 amide bonds. The monoisotopic (exact) mass is 448 g/mol. The topological polar surface area (TPSA) is 77.3 Å². The summed E-state index contributed by atoms with van der Waals surface area (Å²) in [6.45, 7) is 11.4. The number of aliphatic imine (C=N–C) groups is 2. The van der Waals surface area contributed by atoms with Gasteiger partial charge in [-0.3, -0.25) is 19.6 Å². The molecule has 0 saturated heterocycles.